The van der Waals surface area contributed by atoms with Crippen molar-refractivity contribution in [1.29, 1.82) is 0 Å². The number of amides is 1. The first kappa shape index (κ1) is 13.7. The molecule has 0 atom stereocenters. The molecule has 0 unspecified atom stereocenters. The third kappa shape index (κ3) is 3.89. The van der Waals surface area contributed by atoms with Crippen LogP contribution in [0.25, 0.3) is 0 Å². The Morgan fingerprint density at radius 1 is 1.32 bits per heavy atom. The molecule has 1 amide bonds. The highest BCUT2D eigenvalue weighted by atomic mass is 32.1. The monoisotopic (exact) mass is 274 g/mol. The molecule has 0 bridgehead atoms. The minimum Gasteiger partial charge on any atom is -0.352 e. The van der Waals surface area contributed by atoms with Gasteiger partial charge in [-0.2, -0.15) is 0 Å². The van der Waals surface area contributed by atoms with E-state index in [4.69, 9.17) is 0 Å². The fraction of sp³-hybridized carbons (Fsp3) is 0.333. The normalized spacial score (nSPS) is 10.7. The molecule has 0 radical (unpaired) electrons. The predicted molar refractivity (Wildman–Crippen MR) is 78.7 cm³/mol. The van der Waals surface area contributed by atoms with Crippen molar-refractivity contribution in [1.82, 2.24) is 10.3 Å². The molecule has 0 aliphatic heterocycles. The van der Waals surface area contributed by atoms with E-state index in [1.165, 1.54) is 5.56 Å². The first-order chi connectivity index (χ1) is 9.16. The quantitative estimate of drug-likeness (QED) is 0.909. The molecule has 0 saturated heterocycles. The number of hydrogen-bond acceptors (Lipinski definition) is 3. The molecular formula is C15H18N2OS. The Morgan fingerprint density at radius 2 is 2.05 bits per heavy atom. The highest BCUT2D eigenvalue weighted by Gasteiger charge is 2.06. The van der Waals surface area contributed by atoms with E-state index in [9.17, 15) is 4.79 Å². The smallest absolute Gasteiger partial charge is 0.251 e. The van der Waals surface area contributed by atoms with Crippen LogP contribution in [-0.4, -0.2) is 17.4 Å². The van der Waals surface area contributed by atoms with Crippen molar-refractivity contribution in [2.45, 2.75) is 26.2 Å². The number of benzene rings is 1. The number of thiazole rings is 1. The van der Waals surface area contributed by atoms with Gasteiger partial charge < -0.3 is 5.32 Å². The molecule has 100 valence electrons. The molecule has 0 fully saturated rings. The van der Waals surface area contributed by atoms with E-state index in [1.54, 1.807) is 17.5 Å². The van der Waals surface area contributed by atoms with Gasteiger partial charge in [0.1, 0.15) is 0 Å². The fourth-order valence-electron chi connectivity index (χ4n) is 1.78. The van der Waals surface area contributed by atoms with Gasteiger partial charge in [-0.25, -0.2) is 4.98 Å². The van der Waals surface area contributed by atoms with Crippen molar-refractivity contribution in [3.8, 4) is 0 Å². The summed E-state index contributed by atoms with van der Waals surface area (Å²) in [6, 6.07) is 7.79. The van der Waals surface area contributed by atoms with Crippen molar-refractivity contribution >= 4 is 17.2 Å². The molecule has 1 aromatic carbocycles. The first-order valence-electron chi connectivity index (χ1n) is 6.43. The number of rotatable bonds is 5. The maximum absolute atomic E-state index is 11.9. The zero-order valence-electron chi connectivity index (χ0n) is 11.2. The van der Waals surface area contributed by atoms with Gasteiger partial charge in [-0.3, -0.25) is 4.79 Å². The molecule has 0 spiro atoms. The molecule has 0 saturated carbocycles. The molecule has 1 heterocycles. The summed E-state index contributed by atoms with van der Waals surface area (Å²) in [6.45, 7) is 4.91. The summed E-state index contributed by atoms with van der Waals surface area (Å²) >= 11 is 1.61. The van der Waals surface area contributed by atoms with E-state index >= 15 is 0 Å². The third-order valence-electron chi connectivity index (χ3n) is 2.95. The standard InChI is InChI=1S/C15H18N2OS/c1-11(2)12-3-5-13(6-4-12)15(18)17-8-7-14-16-9-10-19-14/h3-6,9-11H,7-8H2,1-2H3,(H,17,18). The first-order valence-corrected chi connectivity index (χ1v) is 7.31. The van der Waals surface area contributed by atoms with Crippen LogP contribution in [0.15, 0.2) is 35.8 Å². The molecular weight excluding hydrogens is 256 g/mol. The number of carbonyl (C=O) groups excluding carboxylic acids is 1. The van der Waals surface area contributed by atoms with Gasteiger partial charge in [0.25, 0.3) is 5.91 Å². The minimum absolute atomic E-state index is 0.0214. The van der Waals surface area contributed by atoms with Crippen LogP contribution in [-0.2, 0) is 6.42 Å². The Labute approximate surface area is 117 Å². The van der Waals surface area contributed by atoms with Crippen LogP contribution >= 0.6 is 11.3 Å². The van der Waals surface area contributed by atoms with Crippen LogP contribution in [0, 0.1) is 0 Å². The van der Waals surface area contributed by atoms with Crippen molar-refractivity contribution in [3.05, 3.63) is 52.0 Å². The fourth-order valence-corrected chi connectivity index (χ4v) is 2.40. The summed E-state index contributed by atoms with van der Waals surface area (Å²) in [7, 11) is 0. The van der Waals surface area contributed by atoms with Gasteiger partial charge >= 0.3 is 0 Å². The Hall–Kier alpha value is -1.68. The Balaban J connectivity index is 1.85. The van der Waals surface area contributed by atoms with E-state index < -0.39 is 0 Å². The van der Waals surface area contributed by atoms with E-state index in [0.29, 0.717) is 18.0 Å². The second-order valence-electron chi connectivity index (χ2n) is 4.71. The average molecular weight is 274 g/mol. The summed E-state index contributed by atoms with van der Waals surface area (Å²) in [4.78, 5) is 16.1. The maximum Gasteiger partial charge on any atom is 0.251 e. The highest BCUT2D eigenvalue weighted by molar-refractivity contribution is 7.09. The molecule has 1 N–H and O–H groups in total. The summed E-state index contributed by atoms with van der Waals surface area (Å²) < 4.78 is 0. The molecule has 19 heavy (non-hydrogen) atoms. The number of hydrogen-bond donors (Lipinski definition) is 1. The van der Waals surface area contributed by atoms with Gasteiger partial charge in [-0.05, 0) is 23.6 Å². The third-order valence-corrected chi connectivity index (χ3v) is 3.79. The summed E-state index contributed by atoms with van der Waals surface area (Å²) in [5.41, 5.74) is 1.96. The average Bonchev–Trinajstić information content (AvgIpc) is 2.92. The molecule has 2 rings (SSSR count). The van der Waals surface area contributed by atoms with Gasteiger partial charge in [0.05, 0.1) is 5.01 Å². The highest BCUT2D eigenvalue weighted by Crippen LogP contribution is 2.14. The molecule has 0 aliphatic rings. The zero-order chi connectivity index (χ0) is 13.7. The zero-order valence-corrected chi connectivity index (χ0v) is 12.0. The number of nitrogens with zero attached hydrogens (tertiary/aromatic N) is 1. The van der Waals surface area contributed by atoms with Crippen molar-refractivity contribution in [3.63, 3.8) is 0 Å². The summed E-state index contributed by atoms with van der Waals surface area (Å²) in [6.07, 6.45) is 2.57. The largest absolute Gasteiger partial charge is 0.352 e. The van der Waals surface area contributed by atoms with Crippen LogP contribution in [0.2, 0.25) is 0 Å². The van der Waals surface area contributed by atoms with E-state index in [1.807, 2.05) is 29.6 Å². The molecule has 4 heteroatoms. The van der Waals surface area contributed by atoms with E-state index in [2.05, 4.69) is 24.1 Å². The minimum atomic E-state index is -0.0214. The Bertz CT molecular complexity index is 518. The molecule has 3 nitrogen and oxygen atoms in total. The number of aromatic nitrogens is 1. The van der Waals surface area contributed by atoms with Crippen LogP contribution < -0.4 is 5.32 Å². The Kier molecular flexibility index (Phi) is 4.68. The van der Waals surface area contributed by atoms with Gasteiger partial charge in [0.2, 0.25) is 0 Å². The topological polar surface area (TPSA) is 42.0 Å². The lowest BCUT2D eigenvalue weighted by Crippen LogP contribution is -2.25. The lowest BCUT2D eigenvalue weighted by molar-refractivity contribution is 0.0954. The van der Waals surface area contributed by atoms with Crippen LogP contribution in [0.1, 0.15) is 40.7 Å². The SMILES string of the molecule is CC(C)c1ccc(C(=O)NCCc2nccs2)cc1. The van der Waals surface area contributed by atoms with Gasteiger partial charge in [-0.15, -0.1) is 11.3 Å². The van der Waals surface area contributed by atoms with Crippen LogP contribution in [0.4, 0.5) is 0 Å². The molecule has 1 aromatic heterocycles. The molecule has 0 aliphatic carbocycles. The lowest BCUT2D eigenvalue weighted by atomic mass is 10.0. The maximum atomic E-state index is 11.9. The van der Waals surface area contributed by atoms with Gasteiger partial charge in [0, 0.05) is 30.1 Å². The summed E-state index contributed by atoms with van der Waals surface area (Å²) in [5, 5.41) is 5.91. The second-order valence-corrected chi connectivity index (χ2v) is 5.69. The predicted octanol–water partition coefficient (Wildman–Crippen LogP) is 3.24. The Morgan fingerprint density at radius 3 is 2.63 bits per heavy atom. The molecule has 2 aromatic rings. The van der Waals surface area contributed by atoms with E-state index in [-0.39, 0.29) is 5.91 Å². The van der Waals surface area contributed by atoms with Crippen molar-refractivity contribution in [2.24, 2.45) is 0 Å². The van der Waals surface area contributed by atoms with Gasteiger partial charge in [-0.1, -0.05) is 26.0 Å². The van der Waals surface area contributed by atoms with Gasteiger partial charge in [0.15, 0.2) is 0 Å². The number of nitrogens with one attached hydrogen (secondary N) is 1. The number of carbonyl (C=O) groups is 1. The van der Waals surface area contributed by atoms with E-state index in [0.717, 1.165) is 11.4 Å². The lowest BCUT2D eigenvalue weighted by Gasteiger charge is -2.07. The second kappa shape index (κ2) is 6.48. The van der Waals surface area contributed by atoms with Crippen molar-refractivity contribution in [2.75, 3.05) is 6.54 Å². The summed E-state index contributed by atoms with van der Waals surface area (Å²) in [5.74, 6) is 0.467. The van der Waals surface area contributed by atoms with Crippen LogP contribution in [0.3, 0.4) is 0 Å². The van der Waals surface area contributed by atoms with Crippen LogP contribution in [0.5, 0.6) is 0 Å². The van der Waals surface area contributed by atoms with Crippen molar-refractivity contribution < 1.29 is 4.79 Å².